The predicted octanol–water partition coefficient (Wildman–Crippen LogP) is 3.56. The third-order valence-electron chi connectivity index (χ3n) is 4.07. The molecule has 0 unspecified atom stereocenters. The number of hydrogen-bond donors (Lipinski definition) is 2. The summed E-state index contributed by atoms with van der Waals surface area (Å²) in [5.41, 5.74) is 2.64. The van der Waals surface area contributed by atoms with Crippen molar-refractivity contribution in [2.24, 2.45) is 5.14 Å². The quantitative estimate of drug-likeness (QED) is 0.679. The highest BCUT2D eigenvalue weighted by Gasteiger charge is 2.26. The molecule has 5 nitrogen and oxygen atoms in total. The van der Waals surface area contributed by atoms with Crippen molar-refractivity contribution in [3.05, 3.63) is 71.1 Å². The molecule has 1 aliphatic rings. The normalized spacial score (nSPS) is 15.1. The maximum atomic E-state index is 12.3. The maximum absolute atomic E-state index is 12.3. The number of anilines is 1. The maximum Gasteiger partial charge on any atom is 0.256 e. The molecule has 26 heavy (non-hydrogen) atoms. The molecule has 130 valence electrons. The summed E-state index contributed by atoms with van der Waals surface area (Å²) in [5, 5.41) is 7.95. The van der Waals surface area contributed by atoms with Gasteiger partial charge in [0.15, 0.2) is 0 Å². The molecule has 3 aromatic rings. The average molecular weight is 382 g/mol. The molecule has 0 radical (unpaired) electrons. The minimum Gasteiger partial charge on any atom is -0.321 e. The Hall–Kier alpha value is -2.74. The van der Waals surface area contributed by atoms with E-state index in [9.17, 15) is 13.2 Å². The predicted molar refractivity (Wildman–Crippen MR) is 104 cm³/mol. The standard InChI is InChI=1S/C19H14N2O3S2/c20-26(23,24)14-7-8-17-15(11-14)16(19(22)21-17)10-13-6-9-18(25-13)12-4-2-1-3-5-12/h1-11H,(H,21,22)(H2,20,23,24)/b16-10+. The largest absolute Gasteiger partial charge is 0.321 e. The SMILES string of the molecule is NS(=O)(=O)c1ccc2c(c1)/C(=C\c1ccc(-c3ccccc3)s1)C(=O)N2. The van der Waals surface area contributed by atoms with Gasteiger partial charge in [-0.15, -0.1) is 11.3 Å². The van der Waals surface area contributed by atoms with Gasteiger partial charge in [0, 0.05) is 21.0 Å². The van der Waals surface area contributed by atoms with Crippen LogP contribution in [-0.2, 0) is 14.8 Å². The van der Waals surface area contributed by atoms with E-state index >= 15 is 0 Å². The Morgan fingerprint density at radius 2 is 1.77 bits per heavy atom. The van der Waals surface area contributed by atoms with Crippen molar-refractivity contribution in [3.8, 4) is 10.4 Å². The number of nitrogens with one attached hydrogen (secondary N) is 1. The average Bonchev–Trinajstić information content (AvgIpc) is 3.20. The van der Waals surface area contributed by atoms with Crippen LogP contribution in [-0.4, -0.2) is 14.3 Å². The van der Waals surface area contributed by atoms with E-state index < -0.39 is 10.0 Å². The minimum atomic E-state index is -3.83. The van der Waals surface area contributed by atoms with Crippen molar-refractivity contribution in [1.82, 2.24) is 0 Å². The van der Waals surface area contributed by atoms with Gasteiger partial charge in [0.25, 0.3) is 5.91 Å². The Morgan fingerprint density at radius 1 is 1.00 bits per heavy atom. The molecule has 2 aromatic carbocycles. The first-order valence-electron chi connectivity index (χ1n) is 7.77. The van der Waals surface area contributed by atoms with Crippen LogP contribution in [0.5, 0.6) is 0 Å². The first kappa shape index (κ1) is 16.7. The molecule has 0 saturated carbocycles. The Balaban J connectivity index is 1.76. The molecule has 0 saturated heterocycles. The second-order valence-corrected chi connectivity index (χ2v) is 8.51. The highest BCUT2D eigenvalue weighted by Crippen LogP contribution is 2.36. The number of carbonyl (C=O) groups excluding carboxylic acids is 1. The van der Waals surface area contributed by atoms with E-state index in [4.69, 9.17) is 5.14 Å². The minimum absolute atomic E-state index is 0.0187. The second kappa shape index (κ2) is 6.21. The van der Waals surface area contributed by atoms with Gasteiger partial charge < -0.3 is 5.32 Å². The molecule has 1 aliphatic heterocycles. The summed E-state index contributed by atoms with van der Waals surface area (Å²) in [4.78, 5) is 14.3. The molecule has 4 rings (SSSR count). The number of rotatable bonds is 3. The fourth-order valence-corrected chi connectivity index (χ4v) is 4.31. The number of sulfonamides is 1. The molecule has 0 aliphatic carbocycles. The first-order chi connectivity index (χ1) is 12.4. The van der Waals surface area contributed by atoms with Crippen molar-refractivity contribution >= 4 is 44.6 Å². The topological polar surface area (TPSA) is 89.3 Å². The van der Waals surface area contributed by atoms with E-state index in [-0.39, 0.29) is 10.8 Å². The molecule has 1 aromatic heterocycles. The molecule has 0 spiro atoms. The molecule has 3 N–H and O–H groups in total. The molecular formula is C19H14N2O3S2. The number of thiophene rings is 1. The van der Waals surface area contributed by atoms with Gasteiger partial charge in [0.05, 0.1) is 10.5 Å². The lowest BCUT2D eigenvalue weighted by Crippen LogP contribution is -2.12. The molecule has 0 bridgehead atoms. The summed E-state index contributed by atoms with van der Waals surface area (Å²) in [6, 6.07) is 18.3. The molecular weight excluding hydrogens is 368 g/mol. The molecule has 0 atom stereocenters. The number of benzene rings is 2. The van der Waals surface area contributed by atoms with Gasteiger partial charge in [0.1, 0.15) is 0 Å². The number of amides is 1. The Labute approximate surface area is 154 Å². The summed E-state index contributed by atoms with van der Waals surface area (Å²) in [7, 11) is -3.83. The van der Waals surface area contributed by atoms with Gasteiger partial charge in [-0.1, -0.05) is 30.3 Å². The highest BCUT2D eigenvalue weighted by atomic mass is 32.2. The van der Waals surface area contributed by atoms with Crippen molar-refractivity contribution < 1.29 is 13.2 Å². The summed E-state index contributed by atoms with van der Waals surface area (Å²) in [6.45, 7) is 0. The molecule has 7 heteroatoms. The third-order valence-corrected chi connectivity index (χ3v) is 6.07. The summed E-state index contributed by atoms with van der Waals surface area (Å²) < 4.78 is 23.2. The summed E-state index contributed by atoms with van der Waals surface area (Å²) in [5.74, 6) is -0.263. The number of hydrogen-bond acceptors (Lipinski definition) is 4. The van der Waals surface area contributed by atoms with Crippen LogP contribution in [0.2, 0.25) is 0 Å². The zero-order valence-corrected chi connectivity index (χ0v) is 15.1. The lowest BCUT2D eigenvalue weighted by Gasteiger charge is -2.02. The van der Waals surface area contributed by atoms with E-state index in [0.717, 1.165) is 15.3 Å². The molecule has 0 fully saturated rings. The Bertz CT molecular complexity index is 1150. The number of primary sulfonamides is 1. The number of fused-ring (bicyclic) bond motifs is 1. The zero-order valence-electron chi connectivity index (χ0n) is 13.5. The lowest BCUT2D eigenvalue weighted by molar-refractivity contribution is -0.110. The Kier molecular flexibility index (Phi) is 3.99. The molecule has 2 heterocycles. The summed E-state index contributed by atoms with van der Waals surface area (Å²) in [6.07, 6.45) is 1.77. The third kappa shape index (κ3) is 3.08. The van der Waals surface area contributed by atoms with Crippen molar-refractivity contribution in [3.63, 3.8) is 0 Å². The summed E-state index contributed by atoms with van der Waals surface area (Å²) >= 11 is 1.56. The number of carbonyl (C=O) groups is 1. The lowest BCUT2D eigenvalue weighted by atomic mass is 10.1. The van der Waals surface area contributed by atoms with E-state index in [1.165, 1.54) is 12.1 Å². The smallest absolute Gasteiger partial charge is 0.256 e. The van der Waals surface area contributed by atoms with Gasteiger partial charge in [-0.05, 0) is 42.0 Å². The first-order valence-corrected chi connectivity index (χ1v) is 10.1. The van der Waals surface area contributed by atoms with Crippen LogP contribution in [0.1, 0.15) is 10.4 Å². The van der Waals surface area contributed by atoms with Crippen LogP contribution in [0, 0.1) is 0 Å². The highest BCUT2D eigenvalue weighted by molar-refractivity contribution is 7.89. The second-order valence-electron chi connectivity index (χ2n) is 5.83. The van der Waals surface area contributed by atoms with Crippen LogP contribution in [0.25, 0.3) is 22.1 Å². The van der Waals surface area contributed by atoms with Gasteiger partial charge >= 0.3 is 0 Å². The monoisotopic (exact) mass is 382 g/mol. The van der Waals surface area contributed by atoms with Crippen LogP contribution in [0.15, 0.2) is 65.6 Å². The zero-order chi connectivity index (χ0) is 18.3. The van der Waals surface area contributed by atoms with E-state index in [2.05, 4.69) is 5.32 Å². The fourth-order valence-electron chi connectivity index (χ4n) is 2.82. The van der Waals surface area contributed by atoms with Crippen molar-refractivity contribution in [2.45, 2.75) is 4.90 Å². The van der Waals surface area contributed by atoms with E-state index in [0.29, 0.717) is 16.8 Å². The van der Waals surface area contributed by atoms with Crippen LogP contribution in [0.4, 0.5) is 5.69 Å². The van der Waals surface area contributed by atoms with E-state index in [1.54, 1.807) is 23.5 Å². The fraction of sp³-hybridized carbons (Fsp3) is 0. The van der Waals surface area contributed by atoms with Crippen molar-refractivity contribution in [1.29, 1.82) is 0 Å². The van der Waals surface area contributed by atoms with Crippen LogP contribution < -0.4 is 10.5 Å². The van der Waals surface area contributed by atoms with Crippen LogP contribution in [0.3, 0.4) is 0 Å². The Morgan fingerprint density at radius 3 is 2.50 bits per heavy atom. The van der Waals surface area contributed by atoms with Gasteiger partial charge in [-0.25, -0.2) is 13.6 Å². The molecule has 1 amide bonds. The van der Waals surface area contributed by atoms with E-state index in [1.807, 2.05) is 42.5 Å². The van der Waals surface area contributed by atoms with Gasteiger partial charge in [-0.3, -0.25) is 4.79 Å². The van der Waals surface area contributed by atoms with Crippen molar-refractivity contribution in [2.75, 3.05) is 5.32 Å². The van der Waals surface area contributed by atoms with Gasteiger partial charge in [0.2, 0.25) is 10.0 Å². The number of nitrogens with two attached hydrogens (primary N) is 1. The van der Waals surface area contributed by atoms with Gasteiger partial charge in [-0.2, -0.15) is 0 Å². The van der Waals surface area contributed by atoms with Crippen LogP contribution >= 0.6 is 11.3 Å².